The molecular formula is C16H21ClN2O2. The van der Waals surface area contributed by atoms with Crippen LogP contribution in [0.1, 0.15) is 29.6 Å². The van der Waals surface area contributed by atoms with Crippen LogP contribution in [-0.4, -0.2) is 59.1 Å². The van der Waals surface area contributed by atoms with Gasteiger partial charge in [-0.1, -0.05) is 23.7 Å². The van der Waals surface area contributed by atoms with E-state index in [2.05, 4.69) is 4.90 Å². The molecule has 1 saturated heterocycles. The Hall–Kier alpha value is -1.10. The number of aliphatic hydroxyl groups excluding tert-OH is 1. The van der Waals surface area contributed by atoms with Gasteiger partial charge in [-0.15, -0.1) is 0 Å². The molecule has 0 radical (unpaired) electrons. The van der Waals surface area contributed by atoms with Crippen molar-refractivity contribution < 1.29 is 9.90 Å². The van der Waals surface area contributed by atoms with E-state index in [9.17, 15) is 9.90 Å². The Morgan fingerprint density at radius 3 is 2.48 bits per heavy atom. The number of hydrogen-bond acceptors (Lipinski definition) is 3. The lowest BCUT2D eigenvalue weighted by Crippen LogP contribution is -2.53. The molecule has 1 aromatic carbocycles. The van der Waals surface area contributed by atoms with Crippen LogP contribution < -0.4 is 0 Å². The largest absolute Gasteiger partial charge is 0.391 e. The summed E-state index contributed by atoms with van der Waals surface area (Å²) in [5, 5.41) is 10.5. The predicted molar refractivity (Wildman–Crippen MR) is 82.6 cm³/mol. The van der Waals surface area contributed by atoms with E-state index in [1.165, 1.54) is 0 Å². The van der Waals surface area contributed by atoms with Crippen LogP contribution in [0.15, 0.2) is 24.3 Å². The molecule has 2 aliphatic rings. The minimum Gasteiger partial charge on any atom is -0.391 e. The fourth-order valence-electron chi connectivity index (χ4n) is 3.41. The molecule has 2 fully saturated rings. The van der Waals surface area contributed by atoms with Gasteiger partial charge in [-0.2, -0.15) is 0 Å². The van der Waals surface area contributed by atoms with Crippen LogP contribution >= 0.6 is 11.6 Å². The van der Waals surface area contributed by atoms with Crippen LogP contribution in [0.4, 0.5) is 0 Å². The molecule has 114 valence electrons. The first-order valence-electron chi connectivity index (χ1n) is 7.63. The van der Waals surface area contributed by atoms with Crippen molar-refractivity contribution in [3.63, 3.8) is 0 Å². The van der Waals surface area contributed by atoms with Gasteiger partial charge < -0.3 is 10.0 Å². The van der Waals surface area contributed by atoms with Gasteiger partial charge in [0.1, 0.15) is 0 Å². The topological polar surface area (TPSA) is 43.8 Å². The van der Waals surface area contributed by atoms with Crippen molar-refractivity contribution in [1.29, 1.82) is 0 Å². The molecule has 0 aromatic heterocycles. The van der Waals surface area contributed by atoms with Crippen LogP contribution in [0, 0.1) is 0 Å². The van der Waals surface area contributed by atoms with E-state index in [1.54, 1.807) is 12.1 Å². The Morgan fingerprint density at radius 1 is 1.14 bits per heavy atom. The van der Waals surface area contributed by atoms with E-state index in [1.807, 2.05) is 17.0 Å². The normalized spacial score (nSPS) is 27.0. The molecule has 1 N–H and O–H groups in total. The zero-order chi connectivity index (χ0) is 14.8. The third kappa shape index (κ3) is 3.07. The van der Waals surface area contributed by atoms with E-state index < -0.39 is 0 Å². The standard InChI is InChI=1S/C16H21ClN2O2/c17-13-5-2-1-4-12(13)16(21)19-10-8-18(9-11-19)14-6-3-7-15(14)20/h1-2,4-5,14-15,20H,3,6-11H2/t14-,15-/m1/s1. The molecule has 1 saturated carbocycles. The van der Waals surface area contributed by atoms with Gasteiger partial charge in [0.15, 0.2) is 0 Å². The lowest BCUT2D eigenvalue weighted by atomic mass is 10.1. The minimum atomic E-state index is -0.198. The van der Waals surface area contributed by atoms with Gasteiger partial charge in [-0.25, -0.2) is 0 Å². The van der Waals surface area contributed by atoms with E-state index in [0.717, 1.165) is 32.4 Å². The zero-order valence-electron chi connectivity index (χ0n) is 12.0. The van der Waals surface area contributed by atoms with Gasteiger partial charge in [0.2, 0.25) is 0 Å². The van der Waals surface area contributed by atoms with Crippen molar-refractivity contribution in [2.45, 2.75) is 31.4 Å². The molecule has 1 amide bonds. The Morgan fingerprint density at radius 2 is 1.86 bits per heavy atom. The molecule has 3 rings (SSSR count). The summed E-state index contributed by atoms with van der Waals surface area (Å²) in [5.41, 5.74) is 0.577. The first kappa shape index (κ1) is 14.8. The summed E-state index contributed by atoms with van der Waals surface area (Å²) >= 11 is 6.10. The van der Waals surface area contributed by atoms with Gasteiger partial charge in [0.05, 0.1) is 16.7 Å². The van der Waals surface area contributed by atoms with Gasteiger partial charge in [0.25, 0.3) is 5.91 Å². The lowest BCUT2D eigenvalue weighted by molar-refractivity contribution is 0.0316. The molecule has 0 spiro atoms. The highest BCUT2D eigenvalue weighted by Crippen LogP contribution is 2.25. The number of benzene rings is 1. The van der Waals surface area contributed by atoms with Crippen molar-refractivity contribution in [3.8, 4) is 0 Å². The minimum absolute atomic E-state index is 0.00669. The van der Waals surface area contributed by atoms with Crippen LogP contribution in [0.2, 0.25) is 5.02 Å². The highest BCUT2D eigenvalue weighted by molar-refractivity contribution is 6.33. The number of carbonyl (C=O) groups excluding carboxylic acids is 1. The lowest BCUT2D eigenvalue weighted by Gasteiger charge is -2.39. The average molecular weight is 309 g/mol. The van der Waals surface area contributed by atoms with Crippen molar-refractivity contribution in [1.82, 2.24) is 9.80 Å². The SMILES string of the molecule is O=C(c1ccccc1Cl)N1CCN([C@@H]2CCC[C@H]2O)CC1. The maximum Gasteiger partial charge on any atom is 0.255 e. The molecule has 1 aliphatic carbocycles. The number of carbonyl (C=O) groups is 1. The van der Waals surface area contributed by atoms with E-state index >= 15 is 0 Å². The van der Waals surface area contributed by atoms with Crippen molar-refractivity contribution in [2.75, 3.05) is 26.2 Å². The number of nitrogens with zero attached hydrogens (tertiary/aromatic N) is 2. The second-order valence-corrected chi connectivity index (χ2v) is 6.28. The van der Waals surface area contributed by atoms with E-state index in [-0.39, 0.29) is 18.1 Å². The number of hydrogen-bond donors (Lipinski definition) is 1. The molecule has 1 aromatic rings. The van der Waals surface area contributed by atoms with Crippen molar-refractivity contribution >= 4 is 17.5 Å². The first-order valence-corrected chi connectivity index (χ1v) is 8.00. The molecular weight excluding hydrogens is 288 g/mol. The van der Waals surface area contributed by atoms with Crippen molar-refractivity contribution in [3.05, 3.63) is 34.9 Å². The monoisotopic (exact) mass is 308 g/mol. The first-order chi connectivity index (χ1) is 10.2. The maximum atomic E-state index is 12.5. The Kier molecular flexibility index (Phi) is 4.48. The summed E-state index contributed by atoms with van der Waals surface area (Å²) in [6, 6.07) is 7.48. The summed E-state index contributed by atoms with van der Waals surface area (Å²) in [5.74, 6) is 0.00669. The molecule has 21 heavy (non-hydrogen) atoms. The highest BCUT2D eigenvalue weighted by Gasteiger charge is 2.33. The summed E-state index contributed by atoms with van der Waals surface area (Å²) < 4.78 is 0. The van der Waals surface area contributed by atoms with E-state index in [0.29, 0.717) is 23.7 Å². The molecule has 5 heteroatoms. The average Bonchev–Trinajstić information content (AvgIpc) is 2.93. The number of rotatable bonds is 2. The third-order valence-corrected chi connectivity index (χ3v) is 4.95. The van der Waals surface area contributed by atoms with Crippen LogP contribution in [0.5, 0.6) is 0 Å². The predicted octanol–water partition coefficient (Wildman–Crippen LogP) is 2.01. The summed E-state index contributed by atoms with van der Waals surface area (Å²) in [6.45, 7) is 3.07. The van der Waals surface area contributed by atoms with Gasteiger partial charge in [0, 0.05) is 32.2 Å². The number of halogens is 1. The quantitative estimate of drug-likeness (QED) is 0.909. The highest BCUT2D eigenvalue weighted by atomic mass is 35.5. The number of amides is 1. The summed E-state index contributed by atoms with van der Waals surface area (Å²) in [6.07, 6.45) is 2.88. The second kappa shape index (κ2) is 6.34. The van der Waals surface area contributed by atoms with Crippen molar-refractivity contribution in [2.24, 2.45) is 0 Å². The smallest absolute Gasteiger partial charge is 0.255 e. The molecule has 4 nitrogen and oxygen atoms in total. The third-order valence-electron chi connectivity index (χ3n) is 4.62. The van der Waals surface area contributed by atoms with Crippen LogP contribution in [-0.2, 0) is 0 Å². The van der Waals surface area contributed by atoms with Gasteiger partial charge in [-0.3, -0.25) is 9.69 Å². The Bertz CT molecular complexity index is 515. The Labute approximate surface area is 130 Å². The molecule has 1 heterocycles. The van der Waals surface area contributed by atoms with Gasteiger partial charge in [-0.05, 0) is 31.4 Å². The van der Waals surface area contributed by atoms with Gasteiger partial charge >= 0.3 is 0 Å². The fraction of sp³-hybridized carbons (Fsp3) is 0.562. The Balaban J connectivity index is 1.61. The molecule has 1 aliphatic heterocycles. The second-order valence-electron chi connectivity index (χ2n) is 5.87. The molecule has 0 bridgehead atoms. The summed E-state index contributed by atoms with van der Waals surface area (Å²) in [4.78, 5) is 16.7. The number of piperazine rings is 1. The van der Waals surface area contributed by atoms with E-state index in [4.69, 9.17) is 11.6 Å². The van der Waals surface area contributed by atoms with Crippen LogP contribution in [0.25, 0.3) is 0 Å². The maximum absolute atomic E-state index is 12.5. The number of aliphatic hydroxyl groups is 1. The molecule has 2 atom stereocenters. The molecule has 0 unspecified atom stereocenters. The van der Waals surface area contributed by atoms with Crippen LogP contribution in [0.3, 0.4) is 0 Å². The zero-order valence-corrected chi connectivity index (χ0v) is 12.8. The summed E-state index contributed by atoms with van der Waals surface area (Å²) in [7, 11) is 0. The fourth-order valence-corrected chi connectivity index (χ4v) is 3.63.